The molecule has 2 N–H and O–H groups in total. The Balaban J connectivity index is 1.54. The second-order valence-corrected chi connectivity index (χ2v) is 10.7. The molecule has 33 heavy (non-hydrogen) atoms. The van der Waals surface area contributed by atoms with E-state index in [2.05, 4.69) is 24.3 Å². The fourth-order valence-electron chi connectivity index (χ4n) is 5.52. The van der Waals surface area contributed by atoms with Crippen LogP contribution in [0.3, 0.4) is 0 Å². The third-order valence-electron chi connectivity index (χ3n) is 7.26. The number of carbonyl (C=O) groups is 1. The predicted molar refractivity (Wildman–Crippen MR) is 133 cm³/mol. The zero-order chi connectivity index (χ0) is 23.8. The average molecular weight is 477 g/mol. The molecular formula is C28H41ClO4. The Morgan fingerprint density at radius 3 is 2.52 bits per heavy atom. The van der Waals surface area contributed by atoms with Crippen molar-refractivity contribution in [2.75, 3.05) is 0 Å². The third kappa shape index (κ3) is 7.56. The van der Waals surface area contributed by atoms with Crippen LogP contribution < -0.4 is 0 Å². The van der Waals surface area contributed by atoms with Crippen molar-refractivity contribution in [1.29, 1.82) is 0 Å². The summed E-state index contributed by atoms with van der Waals surface area (Å²) in [5, 5.41) is 21.5. The number of alkyl halides is 1. The molecule has 2 aliphatic rings. The van der Waals surface area contributed by atoms with Crippen LogP contribution in [-0.2, 0) is 9.53 Å². The summed E-state index contributed by atoms with van der Waals surface area (Å²) in [4.78, 5) is 11.6. The SMILES string of the molecule is CC(C)OC(=O)CCCC=CC[C@@H]1[C@@H](c2ccc(C(O)C3CCCCC3)cc2)[C@H](O)C[C@H]1Cl. The second-order valence-electron chi connectivity index (χ2n) is 10.2. The van der Waals surface area contributed by atoms with Crippen molar-refractivity contribution in [3.8, 4) is 0 Å². The van der Waals surface area contributed by atoms with E-state index >= 15 is 0 Å². The lowest BCUT2D eigenvalue weighted by molar-refractivity contribution is -0.147. The largest absolute Gasteiger partial charge is 0.463 e. The Morgan fingerprint density at radius 2 is 1.85 bits per heavy atom. The molecule has 184 valence electrons. The topological polar surface area (TPSA) is 66.8 Å². The van der Waals surface area contributed by atoms with Gasteiger partial charge < -0.3 is 14.9 Å². The van der Waals surface area contributed by atoms with E-state index < -0.39 is 12.2 Å². The minimum Gasteiger partial charge on any atom is -0.463 e. The molecule has 0 aromatic heterocycles. The Bertz CT molecular complexity index is 754. The van der Waals surface area contributed by atoms with Crippen molar-refractivity contribution in [2.24, 2.45) is 11.8 Å². The van der Waals surface area contributed by atoms with Gasteiger partial charge in [0.25, 0.3) is 0 Å². The van der Waals surface area contributed by atoms with Crippen LogP contribution in [0.15, 0.2) is 36.4 Å². The van der Waals surface area contributed by atoms with Gasteiger partial charge in [0.15, 0.2) is 0 Å². The number of hydrogen-bond acceptors (Lipinski definition) is 4. The van der Waals surface area contributed by atoms with Crippen LogP contribution in [0.4, 0.5) is 0 Å². The van der Waals surface area contributed by atoms with E-state index in [1.165, 1.54) is 19.3 Å². The molecule has 1 aromatic carbocycles. The number of benzene rings is 1. The number of halogens is 1. The molecular weight excluding hydrogens is 436 g/mol. The molecule has 5 heteroatoms. The van der Waals surface area contributed by atoms with Crippen LogP contribution in [-0.4, -0.2) is 33.8 Å². The normalized spacial score (nSPS) is 27.3. The zero-order valence-corrected chi connectivity index (χ0v) is 20.9. The van der Waals surface area contributed by atoms with Crippen molar-refractivity contribution >= 4 is 17.6 Å². The molecule has 0 amide bonds. The monoisotopic (exact) mass is 476 g/mol. The summed E-state index contributed by atoms with van der Waals surface area (Å²) in [6.07, 6.45) is 12.7. The fourth-order valence-corrected chi connectivity index (χ4v) is 5.96. The number of rotatable bonds is 10. The lowest BCUT2D eigenvalue weighted by atomic mass is 9.81. The van der Waals surface area contributed by atoms with E-state index in [0.29, 0.717) is 18.8 Å². The zero-order valence-electron chi connectivity index (χ0n) is 20.2. The summed E-state index contributed by atoms with van der Waals surface area (Å²) >= 11 is 6.64. The van der Waals surface area contributed by atoms with Crippen molar-refractivity contribution in [1.82, 2.24) is 0 Å². The van der Waals surface area contributed by atoms with Crippen LogP contribution in [0.1, 0.15) is 101 Å². The van der Waals surface area contributed by atoms with E-state index in [4.69, 9.17) is 16.3 Å². The van der Waals surface area contributed by atoms with Gasteiger partial charge in [-0.05, 0) is 75.3 Å². The Morgan fingerprint density at radius 1 is 1.15 bits per heavy atom. The molecule has 0 spiro atoms. The number of aliphatic hydroxyl groups is 2. The highest BCUT2D eigenvalue weighted by atomic mass is 35.5. The molecule has 2 saturated carbocycles. The smallest absolute Gasteiger partial charge is 0.306 e. The number of carbonyl (C=O) groups excluding carboxylic acids is 1. The maximum absolute atomic E-state index is 11.6. The van der Waals surface area contributed by atoms with Crippen molar-refractivity contribution in [2.45, 2.75) is 108 Å². The van der Waals surface area contributed by atoms with Gasteiger partial charge in [0.2, 0.25) is 0 Å². The van der Waals surface area contributed by atoms with Crippen molar-refractivity contribution in [3.63, 3.8) is 0 Å². The first kappa shape index (κ1) is 26.2. The molecule has 2 aliphatic carbocycles. The molecule has 0 heterocycles. The first-order chi connectivity index (χ1) is 15.9. The molecule has 4 nitrogen and oxygen atoms in total. The highest BCUT2D eigenvalue weighted by molar-refractivity contribution is 6.21. The lowest BCUT2D eigenvalue weighted by Crippen LogP contribution is -2.19. The molecule has 0 bridgehead atoms. The summed E-state index contributed by atoms with van der Waals surface area (Å²) in [6, 6.07) is 8.21. The van der Waals surface area contributed by atoms with E-state index in [9.17, 15) is 15.0 Å². The minimum atomic E-state index is -0.453. The molecule has 1 unspecified atom stereocenters. The fraction of sp³-hybridized carbons (Fsp3) is 0.679. The van der Waals surface area contributed by atoms with Gasteiger partial charge in [0.05, 0.1) is 18.3 Å². The minimum absolute atomic E-state index is 0.000886. The number of aliphatic hydroxyl groups excluding tert-OH is 2. The van der Waals surface area contributed by atoms with Crippen molar-refractivity contribution < 1.29 is 19.7 Å². The summed E-state index contributed by atoms with van der Waals surface area (Å²) in [5.74, 6) is 0.381. The van der Waals surface area contributed by atoms with Gasteiger partial charge in [-0.2, -0.15) is 0 Å². The van der Waals surface area contributed by atoms with E-state index in [1.807, 2.05) is 26.0 Å². The molecule has 2 fully saturated rings. The number of allylic oxidation sites excluding steroid dienone is 2. The molecule has 0 saturated heterocycles. The number of esters is 1. The lowest BCUT2D eigenvalue weighted by Gasteiger charge is -2.27. The van der Waals surface area contributed by atoms with Gasteiger partial charge in [0.1, 0.15) is 0 Å². The molecule has 1 aromatic rings. The van der Waals surface area contributed by atoms with Gasteiger partial charge in [-0.25, -0.2) is 0 Å². The maximum atomic E-state index is 11.6. The van der Waals surface area contributed by atoms with E-state index in [0.717, 1.165) is 43.2 Å². The van der Waals surface area contributed by atoms with Crippen LogP contribution in [0.25, 0.3) is 0 Å². The number of ether oxygens (including phenoxy) is 1. The Labute approximate surface area is 204 Å². The standard InChI is InChI=1S/C28H41ClO4/c1-19(2)33-26(31)13-9-4-3-8-12-23-24(29)18-25(30)27(23)20-14-16-22(17-15-20)28(32)21-10-6-5-7-11-21/h3,8,14-17,19,21,23-25,27-28,30,32H,4-7,9-13,18H2,1-2H3/t23-,24+,25+,27+,28?/m0/s1. The Kier molecular flexibility index (Phi) is 10.3. The van der Waals surface area contributed by atoms with Crippen LogP contribution in [0.2, 0.25) is 0 Å². The summed E-state index contributed by atoms with van der Waals surface area (Å²) in [7, 11) is 0. The molecule has 0 radical (unpaired) electrons. The average Bonchev–Trinajstić information content (AvgIpc) is 3.08. The highest BCUT2D eigenvalue weighted by Gasteiger charge is 2.41. The summed E-state index contributed by atoms with van der Waals surface area (Å²) in [5.41, 5.74) is 2.08. The van der Waals surface area contributed by atoms with Crippen LogP contribution in [0, 0.1) is 11.8 Å². The van der Waals surface area contributed by atoms with E-state index in [1.54, 1.807) is 0 Å². The first-order valence-corrected chi connectivity index (χ1v) is 13.2. The van der Waals surface area contributed by atoms with Gasteiger partial charge in [-0.15, -0.1) is 11.6 Å². The van der Waals surface area contributed by atoms with Crippen LogP contribution >= 0.6 is 11.6 Å². The Hall–Kier alpha value is -1.36. The van der Waals surface area contributed by atoms with Gasteiger partial charge in [-0.1, -0.05) is 55.7 Å². The van der Waals surface area contributed by atoms with Gasteiger partial charge in [-0.3, -0.25) is 4.79 Å². The van der Waals surface area contributed by atoms with Crippen LogP contribution in [0.5, 0.6) is 0 Å². The molecule has 3 rings (SSSR count). The quantitative estimate of drug-likeness (QED) is 0.176. The van der Waals surface area contributed by atoms with E-state index in [-0.39, 0.29) is 29.3 Å². The highest BCUT2D eigenvalue weighted by Crippen LogP contribution is 2.45. The molecule has 5 atom stereocenters. The summed E-state index contributed by atoms with van der Waals surface area (Å²) in [6.45, 7) is 3.72. The van der Waals surface area contributed by atoms with Gasteiger partial charge >= 0.3 is 5.97 Å². The molecule has 0 aliphatic heterocycles. The predicted octanol–water partition coefficient (Wildman–Crippen LogP) is 6.44. The van der Waals surface area contributed by atoms with Crippen molar-refractivity contribution in [3.05, 3.63) is 47.5 Å². The number of hydrogen-bond donors (Lipinski definition) is 2. The first-order valence-electron chi connectivity index (χ1n) is 12.8. The summed E-state index contributed by atoms with van der Waals surface area (Å²) < 4.78 is 5.16. The maximum Gasteiger partial charge on any atom is 0.306 e. The van der Waals surface area contributed by atoms with Gasteiger partial charge in [0, 0.05) is 17.7 Å². The second kappa shape index (κ2) is 12.9. The third-order valence-corrected chi connectivity index (χ3v) is 7.76. The number of unbranched alkanes of at least 4 members (excludes halogenated alkanes) is 1.